The number of piperidine rings is 1. The number of rotatable bonds is 6. The van der Waals surface area contributed by atoms with E-state index in [1.807, 2.05) is 25.3 Å². The Hall–Kier alpha value is -2.71. The second-order valence-corrected chi connectivity index (χ2v) is 7.77. The number of alkyl halides is 3. The molecule has 0 spiro atoms. The third kappa shape index (κ3) is 5.51. The molecule has 1 aromatic carbocycles. The van der Waals surface area contributed by atoms with Crippen LogP contribution in [-0.4, -0.2) is 34.1 Å². The molecule has 0 radical (unpaired) electrons. The molecule has 1 aliphatic rings. The minimum Gasteiger partial charge on any atom is -0.441 e. The van der Waals surface area contributed by atoms with E-state index in [9.17, 15) is 13.2 Å². The highest BCUT2D eigenvalue weighted by atomic mass is 19.4. The lowest BCUT2D eigenvalue weighted by Crippen LogP contribution is -2.39. The molecule has 3 heterocycles. The van der Waals surface area contributed by atoms with Gasteiger partial charge in [0, 0.05) is 31.0 Å². The first-order chi connectivity index (χ1) is 14.9. The van der Waals surface area contributed by atoms with Crippen molar-refractivity contribution in [2.24, 2.45) is 0 Å². The van der Waals surface area contributed by atoms with Crippen molar-refractivity contribution in [3.8, 4) is 11.5 Å². The van der Waals surface area contributed by atoms with Gasteiger partial charge in [-0.3, -0.25) is 9.88 Å². The van der Waals surface area contributed by atoms with Gasteiger partial charge in [0.25, 0.3) is 0 Å². The van der Waals surface area contributed by atoms with Crippen molar-refractivity contribution in [1.29, 1.82) is 0 Å². The highest BCUT2D eigenvalue weighted by Gasteiger charge is 2.30. The summed E-state index contributed by atoms with van der Waals surface area (Å²) < 4.78 is 50.1. The molecule has 0 bridgehead atoms. The summed E-state index contributed by atoms with van der Waals surface area (Å²) in [7, 11) is 0. The minimum absolute atomic E-state index is 0.135. The van der Waals surface area contributed by atoms with Crippen LogP contribution in [0.3, 0.4) is 0 Å². The van der Waals surface area contributed by atoms with Gasteiger partial charge in [0.2, 0.25) is 5.89 Å². The Morgan fingerprint density at radius 1 is 1.19 bits per heavy atom. The number of aromatic nitrogens is 2. The molecule has 1 fully saturated rings. The first-order valence-corrected chi connectivity index (χ1v) is 10.3. The quantitative estimate of drug-likeness (QED) is 0.534. The zero-order valence-corrected chi connectivity index (χ0v) is 17.2. The van der Waals surface area contributed by atoms with Crippen LogP contribution in [0.2, 0.25) is 0 Å². The summed E-state index contributed by atoms with van der Waals surface area (Å²) in [5, 5.41) is 0. The molecule has 164 valence electrons. The molecule has 4 rings (SSSR count). The van der Waals surface area contributed by atoms with E-state index >= 15 is 0 Å². The fourth-order valence-electron chi connectivity index (χ4n) is 3.70. The van der Waals surface area contributed by atoms with E-state index in [-0.39, 0.29) is 6.10 Å². The Bertz CT molecular complexity index is 988. The maximum Gasteiger partial charge on any atom is 0.416 e. The van der Waals surface area contributed by atoms with Gasteiger partial charge in [-0.2, -0.15) is 13.2 Å². The largest absolute Gasteiger partial charge is 0.441 e. The fourth-order valence-corrected chi connectivity index (χ4v) is 3.70. The summed E-state index contributed by atoms with van der Waals surface area (Å²) in [5.41, 5.74) is 1.68. The summed E-state index contributed by atoms with van der Waals surface area (Å²) in [5.74, 6) is 1.01. The zero-order chi connectivity index (χ0) is 21.8. The predicted molar refractivity (Wildman–Crippen MR) is 109 cm³/mol. The van der Waals surface area contributed by atoms with E-state index in [0.717, 1.165) is 49.3 Å². The number of aryl methyl sites for hydroxylation is 1. The van der Waals surface area contributed by atoms with E-state index in [1.165, 1.54) is 12.1 Å². The van der Waals surface area contributed by atoms with E-state index in [4.69, 9.17) is 9.15 Å². The summed E-state index contributed by atoms with van der Waals surface area (Å²) in [4.78, 5) is 10.9. The molecule has 8 heteroatoms. The van der Waals surface area contributed by atoms with Crippen molar-refractivity contribution in [2.75, 3.05) is 13.1 Å². The van der Waals surface area contributed by atoms with Gasteiger partial charge in [-0.1, -0.05) is 6.07 Å². The summed E-state index contributed by atoms with van der Waals surface area (Å²) in [6, 6.07) is 8.76. The SMILES string of the molecule is Cc1oc(-c2ccc(C(F)(F)F)cc2)nc1CN1CCC[C@@H](OCc2cccnc2)C1. The molecule has 0 saturated carbocycles. The molecular weight excluding hydrogens is 407 g/mol. The van der Waals surface area contributed by atoms with Gasteiger partial charge in [-0.25, -0.2) is 4.98 Å². The lowest BCUT2D eigenvalue weighted by molar-refractivity contribution is -0.137. The maximum absolute atomic E-state index is 12.8. The zero-order valence-electron chi connectivity index (χ0n) is 17.2. The number of oxazole rings is 1. The first kappa shape index (κ1) is 21.5. The highest BCUT2D eigenvalue weighted by Crippen LogP contribution is 2.31. The monoisotopic (exact) mass is 431 g/mol. The summed E-state index contributed by atoms with van der Waals surface area (Å²) in [6.45, 7) is 4.71. The Morgan fingerprint density at radius 3 is 2.71 bits per heavy atom. The molecule has 1 atom stereocenters. The van der Waals surface area contributed by atoms with E-state index in [2.05, 4.69) is 14.9 Å². The van der Waals surface area contributed by atoms with E-state index < -0.39 is 11.7 Å². The van der Waals surface area contributed by atoms with Gasteiger partial charge < -0.3 is 9.15 Å². The second kappa shape index (κ2) is 9.20. The van der Waals surface area contributed by atoms with E-state index in [1.54, 1.807) is 6.20 Å². The number of likely N-dealkylation sites (tertiary alicyclic amines) is 1. The standard InChI is InChI=1S/C23H24F3N3O2/c1-16-21(28-22(31-16)18-6-8-19(9-7-18)23(24,25)26)14-29-11-3-5-20(13-29)30-15-17-4-2-10-27-12-17/h2,4,6-10,12,20H,3,5,11,13-15H2,1H3/t20-/m1/s1. The molecule has 0 N–H and O–H groups in total. The maximum atomic E-state index is 12.8. The van der Waals surface area contributed by atoms with Crippen LogP contribution >= 0.6 is 0 Å². The first-order valence-electron chi connectivity index (χ1n) is 10.3. The normalized spacial score (nSPS) is 17.7. The molecular formula is C23H24F3N3O2. The highest BCUT2D eigenvalue weighted by molar-refractivity contribution is 5.54. The number of hydrogen-bond acceptors (Lipinski definition) is 5. The fraction of sp³-hybridized carbons (Fsp3) is 0.391. The predicted octanol–water partition coefficient (Wildman–Crippen LogP) is 5.25. The average molecular weight is 431 g/mol. The van der Waals surface area contributed by atoms with Crippen LogP contribution in [0.15, 0.2) is 53.2 Å². The molecule has 0 aliphatic carbocycles. The molecule has 1 aliphatic heterocycles. The number of ether oxygens (including phenoxy) is 1. The van der Waals surface area contributed by atoms with Crippen molar-refractivity contribution in [2.45, 2.75) is 45.2 Å². The van der Waals surface area contributed by atoms with Crippen molar-refractivity contribution in [3.63, 3.8) is 0 Å². The molecule has 5 nitrogen and oxygen atoms in total. The van der Waals surface area contributed by atoms with Crippen LogP contribution in [0.25, 0.3) is 11.5 Å². The Labute approximate surface area is 178 Å². The van der Waals surface area contributed by atoms with Gasteiger partial charge >= 0.3 is 6.18 Å². The van der Waals surface area contributed by atoms with Crippen LogP contribution in [0.5, 0.6) is 0 Å². The summed E-state index contributed by atoms with van der Waals surface area (Å²) >= 11 is 0. The minimum atomic E-state index is -4.36. The third-order valence-electron chi connectivity index (χ3n) is 5.40. The Morgan fingerprint density at radius 2 is 2.00 bits per heavy atom. The van der Waals surface area contributed by atoms with Crippen LogP contribution in [-0.2, 0) is 24.1 Å². The van der Waals surface area contributed by atoms with Gasteiger partial charge in [-0.05, 0) is 62.2 Å². The molecule has 2 aromatic heterocycles. The molecule has 0 amide bonds. The van der Waals surface area contributed by atoms with Crippen molar-refractivity contribution in [1.82, 2.24) is 14.9 Å². The Balaban J connectivity index is 1.37. The van der Waals surface area contributed by atoms with Gasteiger partial charge in [0.05, 0.1) is 24.0 Å². The van der Waals surface area contributed by atoms with Crippen LogP contribution in [0, 0.1) is 6.92 Å². The smallest absolute Gasteiger partial charge is 0.416 e. The van der Waals surface area contributed by atoms with Crippen molar-refractivity contribution >= 4 is 0 Å². The summed E-state index contributed by atoms with van der Waals surface area (Å²) in [6.07, 6.45) is 1.36. The number of benzene rings is 1. The molecule has 3 aromatic rings. The van der Waals surface area contributed by atoms with Crippen LogP contribution in [0.4, 0.5) is 13.2 Å². The average Bonchev–Trinajstić information content (AvgIpc) is 3.13. The molecule has 31 heavy (non-hydrogen) atoms. The lowest BCUT2D eigenvalue weighted by Gasteiger charge is -2.32. The number of hydrogen-bond donors (Lipinski definition) is 0. The van der Waals surface area contributed by atoms with E-state index in [0.29, 0.717) is 30.4 Å². The topological polar surface area (TPSA) is 51.4 Å². The Kier molecular flexibility index (Phi) is 6.38. The number of pyridine rings is 1. The van der Waals surface area contributed by atoms with Crippen LogP contribution < -0.4 is 0 Å². The number of nitrogens with zero attached hydrogens (tertiary/aromatic N) is 3. The van der Waals surface area contributed by atoms with Crippen molar-refractivity contribution in [3.05, 3.63) is 71.4 Å². The van der Waals surface area contributed by atoms with Crippen molar-refractivity contribution < 1.29 is 22.3 Å². The van der Waals surface area contributed by atoms with Crippen LogP contribution in [0.1, 0.15) is 35.4 Å². The van der Waals surface area contributed by atoms with Gasteiger partial charge in [0.15, 0.2) is 0 Å². The lowest BCUT2D eigenvalue weighted by atomic mass is 10.1. The van der Waals surface area contributed by atoms with Gasteiger partial charge in [0.1, 0.15) is 5.76 Å². The number of halogens is 3. The molecule has 1 saturated heterocycles. The second-order valence-electron chi connectivity index (χ2n) is 7.77. The molecule has 0 unspecified atom stereocenters. The third-order valence-corrected chi connectivity index (χ3v) is 5.40. The van der Waals surface area contributed by atoms with Gasteiger partial charge in [-0.15, -0.1) is 0 Å².